The van der Waals surface area contributed by atoms with Crippen molar-refractivity contribution in [2.24, 2.45) is 5.84 Å². The molecule has 1 unspecified atom stereocenters. The Balaban J connectivity index is 2.24. The number of hydrogen-bond acceptors (Lipinski definition) is 3. The van der Waals surface area contributed by atoms with Crippen LogP contribution in [-0.4, -0.2) is 4.98 Å². The summed E-state index contributed by atoms with van der Waals surface area (Å²) >= 11 is 11.7. The highest BCUT2D eigenvalue weighted by molar-refractivity contribution is 6.31. The molecule has 1 heterocycles. The van der Waals surface area contributed by atoms with Crippen LogP contribution in [-0.2, 0) is 6.42 Å². The van der Waals surface area contributed by atoms with E-state index >= 15 is 0 Å². The maximum Gasteiger partial charge on any atom is 0.142 e. The Morgan fingerprint density at radius 1 is 1.26 bits per heavy atom. The number of hydrazine groups is 1. The molecule has 6 heteroatoms. The highest BCUT2D eigenvalue weighted by Crippen LogP contribution is 2.24. The molecule has 0 amide bonds. The van der Waals surface area contributed by atoms with Gasteiger partial charge in [0, 0.05) is 6.20 Å². The van der Waals surface area contributed by atoms with E-state index in [1.165, 1.54) is 12.1 Å². The Bertz CT molecular complexity index is 578. The molecule has 100 valence electrons. The van der Waals surface area contributed by atoms with E-state index in [9.17, 15) is 4.39 Å². The summed E-state index contributed by atoms with van der Waals surface area (Å²) in [6.07, 6.45) is 2.09. The zero-order valence-electron chi connectivity index (χ0n) is 9.91. The zero-order chi connectivity index (χ0) is 13.8. The van der Waals surface area contributed by atoms with Crippen LogP contribution in [0.3, 0.4) is 0 Å². The molecule has 0 spiro atoms. The van der Waals surface area contributed by atoms with E-state index in [4.69, 9.17) is 29.0 Å². The van der Waals surface area contributed by atoms with E-state index in [0.717, 1.165) is 5.56 Å². The lowest BCUT2D eigenvalue weighted by atomic mass is 10.0. The van der Waals surface area contributed by atoms with E-state index in [1.807, 2.05) is 0 Å². The summed E-state index contributed by atoms with van der Waals surface area (Å²) in [5.74, 6) is 5.06. The summed E-state index contributed by atoms with van der Waals surface area (Å²) in [5, 5.41) is 0.608. The second-order valence-corrected chi connectivity index (χ2v) is 4.86. The number of nitrogens with zero attached hydrogens (tertiary/aromatic N) is 1. The second kappa shape index (κ2) is 6.30. The summed E-state index contributed by atoms with van der Waals surface area (Å²) < 4.78 is 13.4. The van der Waals surface area contributed by atoms with Crippen molar-refractivity contribution in [1.82, 2.24) is 10.4 Å². The minimum absolute atomic E-state index is 0.0943. The Kier molecular flexibility index (Phi) is 4.71. The van der Waals surface area contributed by atoms with E-state index in [1.54, 1.807) is 24.4 Å². The molecule has 0 aliphatic rings. The van der Waals surface area contributed by atoms with Gasteiger partial charge in [-0.3, -0.25) is 16.3 Å². The van der Waals surface area contributed by atoms with Gasteiger partial charge in [0.1, 0.15) is 5.82 Å². The summed E-state index contributed by atoms with van der Waals surface area (Å²) in [4.78, 5) is 4.19. The topological polar surface area (TPSA) is 50.9 Å². The van der Waals surface area contributed by atoms with E-state index in [-0.39, 0.29) is 11.1 Å². The third-order valence-electron chi connectivity index (χ3n) is 2.74. The van der Waals surface area contributed by atoms with Crippen LogP contribution in [0.1, 0.15) is 17.3 Å². The molecular formula is C13H12Cl2FN3. The Morgan fingerprint density at radius 3 is 2.68 bits per heavy atom. The van der Waals surface area contributed by atoms with Crippen LogP contribution in [0.5, 0.6) is 0 Å². The molecule has 3 nitrogen and oxygen atoms in total. The zero-order valence-corrected chi connectivity index (χ0v) is 11.4. The average molecular weight is 300 g/mol. The number of benzene rings is 1. The number of rotatable bonds is 4. The number of halogens is 3. The summed E-state index contributed by atoms with van der Waals surface area (Å²) in [6.45, 7) is 0. The fourth-order valence-electron chi connectivity index (χ4n) is 1.79. The van der Waals surface area contributed by atoms with Crippen molar-refractivity contribution in [3.63, 3.8) is 0 Å². The molecule has 0 saturated carbocycles. The lowest BCUT2D eigenvalue weighted by Gasteiger charge is -2.16. The molecule has 1 aromatic carbocycles. The second-order valence-electron chi connectivity index (χ2n) is 4.04. The van der Waals surface area contributed by atoms with Crippen molar-refractivity contribution in [3.8, 4) is 0 Å². The largest absolute Gasteiger partial charge is 0.271 e. The minimum atomic E-state index is -0.456. The molecule has 1 aromatic heterocycles. The van der Waals surface area contributed by atoms with E-state index < -0.39 is 5.82 Å². The smallest absolute Gasteiger partial charge is 0.142 e. The Morgan fingerprint density at radius 2 is 2.05 bits per heavy atom. The summed E-state index contributed by atoms with van der Waals surface area (Å²) in [5.41, 5.74) is 4.02. The number of pyridine rings is 1. The maximum absolute atomic E-state index is 13.4. The van der Waals surface area contributed by atoms with Crippen LogP contribution >= 0.6 is 23.2 Å². The number of aromatic nitrogens is 1. The van der Waals surface area contributed by atoms with Gasteiger partial charge in [0.15, 0.2) is 0 Å². The lowest BCUT2D eigenvalue weighted by molar-refractivity contribution is 0.536. The highest BCUT2D eigenvalue weighted by Gasteiger charge is 2.15. The molecule has 0 bridgehead atoms. The third-order valence-corrected chi connectivity index (χ3v) is 3.37. The van der Waals surface area contributed by atoms with Crippen LogP contribution in [0, 0.1) is 5.82 Å². The quantitative estimate of drug-likeness (QED) is 0.673. The molecule has 0 saturated heterocycles. The molecule has 19 heavy (non-hydrogen) atoms. The number of nitrogens with one attached hydrogen (secondary N) is 1. The van der Waals surface area contributed by atoms with Gasteiger partial charge in [0.05, 0.1) is 21.8 Å². The average Bonchev–Trinajstić information content (AvgIpc) is 2.41. The van der Waals surface area contributed by atoms with Crippen LogP contribution < -0.4 is 11.3 Å². The lowest BCUT2D eigenvalue weighted by Crippen LogP contribution is -2.30. The molecular weight excluding hydrogens is 288 g/mol. The third kappa shape index (κ3) is 3.42. The highest BCUT2D eigenvalue weighted by atomic mass is 35.5. The standard InChI is InChI=1S/C13H12Cl2FN3/c14-9-4-3-8(6-11(9)16)7-12(19-17)13-10(15)2-1-5-18-13/h1-6,12,19H,7,17H2. The Labute approximate surface area is 120 Å². The maximum atomic E-state index is 13.4. The van der Waals surface area contributed by atoms with Crippen LogP contribution in [0.25, 0.3) is 0 Å². The van der Waals surface area contributed by atoms with Gasteiger partial charge in [0.25, 0.3) is 0 Å². The first-order valence-electron chi connectivity index (χ1n) is 5.62. The fourth-order valence-corrected chi connectivity index (χ4v) is 2.16. The van der Waals surface area contributed by atoms with Gasteiger partial charge in [-0.05, 0) is 36.2 Å². The monoisotopic (exact) mass is 299 g/mol. The van der Waals surface area contributed by atoms with Gasteiger partial charge in [-0.25, -0.2) is 4.39 Å². The predicted octanol–water partition coefficient (Wildman–Crippen LogP) is 3.27. The molecule has 0 aliphatic heterocycles. The first kappa shape index (κ1) is 14.2. The fraction of sp³-hybridized carbons (Fsp3) is 0.154. The van der Waals surface area contributed by atoms with Gasteiger partial charge in [-0.15, -0.1) is 0 Å². The van der Waals surface area contributed by atoms with Gasteiger partial charge in [-0.1, -0.05) is 29.3 Å². The van der Waals surface area contributed by atoms with E-state index in [0.29, 0.717) is 17.1 Å². The first-order valence-corrected chi connectivity index (χ1v) is 6.38. The van der Waals surface area contributed by atoms with Crippen LogP contribution in [0.15, 0.2) is 36.5 Å². The van der Waals surface area contributed by atoms with Crippen LogP contribution in [0.2, 0.25) is 10.0 Å². The van der Waals surface area contributed by atoms with Crippen molar-refractivity contribution in [2.75, 3.05) is 0 Å². The van der Waals surface area contributed by atoms with Gasteiger partial charge < -0.3 is 0 Å². The molecule has 1 atom stereocenters. The van der Waals surface area contributed by atoms with Crippen molar-refractivity contribution in [3.05, 3.63) is 63.6 Å². The normalized spacial score (nSPS) is 12.4. The molecule has 2 rings (SSSR count). The minimum Gasteiger partial charge on any atom is -0.271 e. The summed E-state index contributed by atoms with van der Waals surface area (Å²) in [7, 11) is 0. The number of hydrogen-bond donors (Lipinski definition) is 2. The van der Waals surface area contributed by atoms with Gasteiger partial charge >= 0.3 is 0 Å². The molecule has 0 radical (unpaired) electrons. The number of nitrogens with two attached hydrogens (primary N) is 1. The molecule has 0 fully saturated rings. The molecule has 0 aliphatic carbocycles. The summed E-state index contributed by atoms with van der Waals surface area (Å²) in [6, 6.07) is 7.81. The molecule has 2 aromatic rings. The van der Waals surface area contributed by atoms with Crippen molar-refractivity contribution in [1.29, 1.82) is 0 Å². The Hall–Kier alpha value is -1.20. The van der Waals surface area contributed by atoms with Crippen molar-refractivity contribution in [2.45, 2.75) is 12.5 Å². The van der Waals surface area contributed by atoms with Gasteiger partial charge in [-0.2, -0.15) is 0 Å². The van der Waals surface area contributed by atoms with E-state index in [2.05, 4.69) is 10.4 Å². The first-order chi connectivity index (χ1) is 9.11. The van der Waals surface area contributed by atoms with Gasteiger partial charge in [0.2, 0.25) is 0 Å². The van der Waals surface area contributed by atoms with Crippen molar-refractivity contribution < 1.29 is 4.39 Å². The van der Waals surface area contributed by atoms with Crippen LogP contribution in [0.4, 0.5) is 4.39 Å². The molecule has 3 N–H and O–H groups in total. The SMILES string of the molecule is NNC(Cc1ccc(Cl)c(F)c1)c1ncccc1Cl. The van der Waals surface area contributed by atoms with Crippen molar-refractivity contribution >= 4 is 23.2 Å². The predicted molar refractivity (Wildman–Crippen MR) is 74.4 cm³/mol.